The molecule has 0 aliphatic carbocycles. The first-order valence-corrected chi connectivity index (χ1v) is 17.4. The number of ketones is 2. The van der Waals surface area contributed by atoms with Gasteiger partial charge in [0.2, 0.25) is 0 Å². The van der Waals surface area contributed by atoms with Crippen LogP contribution in [0.5, 0.6) is 11.5 Å². The Bertz CT molecular complexity index is 1790. The molecule has 2 N–H and O–H groups in total. The van der Waals surface area contributed by atoms with Gasteiger partial charge in [-0.2, -0.15) is 0 Å². The van der Waals surface area contributed by atoms with Crippen molar-refractivity contribution in [2.75, 3.05) is 23.8 Å². The Labute approximate surface area is 293 Å². The highest BCUT2D eigenvalue weighted by Crippen LogP contribution is 2.30. The van der Waals surface area contributed by atoms with Gasteiger partial charge in [-0.1, -0.05) is 87.1 Å². The first kappa shape index (κ1) is 34.1. The molecule has 8 nitrogen and oxygen atoms in total. The second-order valence-electron chi connectivity index (χ2n) is 12.2. The molecule has 0 saturated heterocycles. The summed E-state index contributed by atoms with van der Waals surface area (Å²) in [6.07, 6.45) is 15.0. The van der Waals surface area contributed by atoms with Crippen molar-refractivity contribution >= 4 is 46.7 Å². The van der Waals surface area contributed by atoms with Crippen molar-refractivity contribution in [3.05, 3.63) is 132 Å². The molecule has 2 bridgehead atoms. The van der Waals surface area contributed by atoms with Gasteiger partial charge in [0.05, 0.1) is 58.2 Å². The van der Waals surface area contributed by atoms with E-state index < -0.39 is 0 Å². The third kappa shape index (κ3) is 9.02. The van der Waals surface area contributed by atoms with Crippen molar-refractivity contribution in [1.29, 1.82) is 0 Å². The van der Waals surface area contributed by atoms with Crippen LogP contribution in [0.25, 0.3) is 0 Å². The molecule has 4 aromatic carbocycles. The topological polar surface area (TPSA) is 101 Å². The van der Waals surface area contributed by atoms with E-state index in [4.69, 9.17) is 19.5 Å². The Morgan fingerprint density at radius 3 is 1.30 bits per heavy atom. The van der Waals surface area contributed by atoms with Crippen LogP contribution in [-0.2, 0) is 0 Å². The fraction of sp³-hybridized carbons (Fsp3) is 0.238. The molecule has 0 saturated carbocycles. The number of benzene rings is 4. The van der Waals surface area contributed by atoms with Gasteiger partial charge in [0.25, 0.3) is 0 Å². The molecular formula is C42H42N4O4. The van der Waals surface area contributed by atoms with Crippen molar-refractivity contribution in [2.45, 2.75) is 51.4 Å². The van der Waals surface area contributed by atoms with E-state index in [0.717, 1.165) is 38.5 Å². The number of nitrogens with zero attached hydrogens (tertiary/aromatic N) is 2. The Morgan fingerprint density at radius 1 is 0.460 bits per heavy atom. The Hall–Kier alpha value is -5.76. The van der Waals surface area contributed by atoms with Gasteiger partial charge in [0, 0.05) is 24.8 Å². The molecule has 0 unspecified atom stereocenters. The maximum atomic E-state index is 14.1. The smallest absolute Gasteiger partial charge is 0.199 e. The van der Waals surface area contributed by atoms with E-state index in [1.54, 1.807) is 37.0 Å². The van der Waals surface area contributed by atoms with E-state index in [9.17, 15) is 9.59 Å². The van der Waals surface area contributed by atoms with Crippen LogP contribution >= 0.6 is 0 Å². The van der Waals surface area contributed by atoms with Crippen LogP contribution in [0, 0.1) is 0 Å². The number of carbonyl (C=O) groups excluding carboxylic acids is 2. The zero-order chi connectivity index (χ0) is 34.4. The summed E-state index contributed by atoms with van der Waals surface area (Å²) in [5, 5.41) is 6.56. The Kier molecular flexibility index (Phi) is 12.0. The van der Waals surface area contributed by atoms with Crippen LogP contribution in [0.2, 0.25) is 0 Å². The fourth-order valence-electron chi connectivity index (χ4n) is 5.83. The van der Waals surface area contributed by atoms with Crippen LogP contribution in [-0.4, -0.2) is 37.2 Å². The lowest BCUT2D eigenvalue weighted by atomic mass is 10.0. The predicted octanol–water partition coefficient (Wildman–Crippen LogP) is 10.1. The molecule has 2 aliphatic heterocycles. The largest absolute Gasteiger partial charge is 0.493 e. The molecule has 50 heavy (non-hydrogen) atoms. The zero-order valence-electron chi connectivity index (χ0n) is 28.1. The normalized spacial score (nSPS) is 18.5. The summed E-state index contributed by atoms with van der Waals surface area (Å²) in [6, 6.07) is 29.6. The minimum atomic E-state index is -0.231. The fourth-order valence-corrected chi connectivity index (χ4v) is 5.83. The van der Waals surface area contributed by atoms with Crippen molar-refractivity contribution in [2.24, 2.45) is 9.98 Å². The molecule has 0 spiro atoms. The summed E-state index contributed by atoms with van der Waals surface area (Å²) in [7, 11) is 0. The number of allylic oxidation sites excluding steroid dienone is 2. The summed E-state index contributed by atoms with van der Waals surface area (Å²) in [6.45, 7) is 1.08. The number of rotatable bonds is 0. The van der Waals surface area contributed by atoms with Gasteiger partial charge in [-0.15, -0.1) is 0 Å². The highest BCUT2D eigenvalue weighted by atomic mass is 16.5. The van der Waals surface area contributed by atoms with Crippen LogP contribution in [0.3, 0.4) is 0 Å². The van der Waals surface area contributed by atoms with E-state index in [2.05, 4.69) is 10.6 Å². The number of para-hydroxylation sites is 6. The van der Waals surface area contributed by atoms with Crippen molar-refractivity contribution in [3.8, 4) is 11.5 Å². The van der Waals surface area contributed by atoms with E-state index in [1.165, 1.54) is 12.8 Å². The monoisotopic (exact) mass is 666 g/mol. The number of hydrogen-bond donors (Lipinski definition) is 2. The Morgan fingerprint density at radius 2 is 0.840 bits per heavy atom. The number of Topliss-reactive ketones (excluding diaryl/α,β-unsaturated/α-hetero) is 2. The number of anilines is 2. The first-order chi connectivity index (χ1) is 24.7. The summed E-state index contributed by atoms with van der Waals surface area (Å²) >= 11 is 0. The second-order valence-corrected chi connectivity index (χ2v) is 12.2. The van der Waals surface area contributed by atoms with E-state index in [0.29, 0.717) is 69.7 Å². The maximum Gasteiger partial charge on any atom is 0.199 e. The van der Waals surface area contributed by atoms with Crippen molar-refractivity contribution < 1.29 is 19.1 Å². The lowest BCUT2D eigenvalue weighted by Gasteiger charge is -2.14. The average Bonchev–Trinajstić information content (AvgIpc) is 3.15. The van der Waals surface area contributed by atoms with Crippen molar-refractivity contribution in [1.82, 2.24) is 0 Å². The number of carbonyl (C=O) groups is 2. The quantitative estimate of drug-likeness (QED) is 0.194. The van der Waals surface area contributed by atoms with Gasteiger partial charge in [-0.3, -0.25) is 19.6 Å². The minimum absolute atomic E-state index is 0.231. The van der Waals surface area contributed by atoms with Crippen LogP contribution in [0.15, 0.2) is 131 Å². The number of fused-ring (bicyclic) bond motifs is 5. The predicted molar refractivity (Wildman–Crippen MR) is 202 cm³/mol. The summed E-state index contributed by atoms with van der Waals surface area (Å²) < 4.78 is 12.3. The lowest BCUT2D eigenvalue weighted by Crippen LogP contribution is -2.11. The molecule has 2 heterocycles. The van der Waals surface area contributed by atoms with Crippen LogP contribution in [0.4, 0.5) is 22.7 Å². The van der Waals surface area contributed by atoms with E-state index in [-0.39, 0.29) is 11.6 Å². The molecule has 0 aromatic heterocycles. The molecule has 0 fully saturated rings. The number of nitrogens with one attached hydrogen (secondary N) is 2. The minimum Gasteiger partial charge on any atom is -0.493 e. The van der Waals surface area contributed by atoms with Crippen LogP contribution in [0.1, 0.15) is 72.1 Å². The molecule has 4 aromatic rings. The van der Waals surface area contributed by atoms with Crippen molar-refractivity contribution in [3.63, 3.8) is 0 Å². The van der Waals surface area contributed by atoms with Gasteiger partial charge in [0.15, 0.2) is 11.6 Å². The van der Waals surface area contributed by atoms with Gasteiger partial charge in [0.1, 0.15) is 11.5 Å². The SMILES string of the molecule is O=C1/C2=C\Nc3ccccc3N=C/C(=C\Nc3ccccc3N=C2)C(=O)c2ccccc2OCCCCCCCCCCOc2ccccc21. The highest BCUT2D eigenvalue weighted by Gasteiger charge is 2.19. The van der Waals surface area contributed by atoms with Gasteiger partial charge >= 0.3 is 0 Å². The molecule has 6 rings (SSSR count). The molecule has 8 heteroatoms. The molecular weight excluding hydrogens is 624 g/mol. The third-order valence-corrected chi connectivity index (χ3v) is 8.60. The second kappa shape index (κ2) is 17.6. The highest BCUT2D eigenvalue weighted by molar-refractivity contribution is 6.23. The van der Waals surface area contributed by atoms with Gasteiger partial charge < -0.3 is 20.1 Å². The van der Waals surface area contributed by atoms with Gasteiger partial charge in [-0.25, -0.2) is 0 Å². The summed E-state index contributed by atoms with van der Waals surface area (Å²) in [5.41, 5.74) is 4.04. The van der Waals surface area contributed by atoms with E-state index in [1.807, 2.05) is 84.9 Å². The number of hydrogen-bond acceptors (Lipinski definition) is 8. The van der Waals surface area contributed by atoms with Crippen LogP contribution < -0.4 is 20.1 Å². The molecule has 2 aliphatic rings. The molecule has 254 valence electrons. The molecule has 0 radical (unpaired) electrons. The standard InChI is InChI=1S/C42H42N4O4/c47-41-31-27-43-35-19-9-11-21-37(35)45-29-32(30-46-38-22-12-10-20-36(38)44-28-31)42(48)34-18-8-14-24-40(34)50-26-16-6-4-2-1-3-5-15-25-49-39-23-13-7-17-33(39)41/h7-14,17-24,27-30,43,46H,1-6,15-16,25-26H2/b31-27-,32-30+,44-28?,45-29?. The first-order valence-electron chi connectivity index (χ1n) is 17.4. The zero-order valence-corrected chi connectivity index (χ0v) is 28.1. The number of ether oxygens (including phenoxy) is 2. The number of aliphatic imine (C=N–C) groups is 2. The molecule has 0 atom stereocenters. The summed E-state index contributed by atoms with van der Waals surface area (Å²) in [5.74, 6) is 0.632. The average molecular weight is 667 g/mol. The van der Waals surface area contributed by atoms with Gasteiger partial charge in [-0.05, 0) is 61.4 Å². The third-order valence-electron chi connectivity index (χ3n) is 8.60. The lowest BCUT2D eigenvalue weighted by molar-refractivity contribution is 0.102. The Balaban J connectivity index is 1.43. The van der Waals surface area contributed by atoms with E-state index >= 15 is 0 Å². The molecule has 0 amide bonds. The maximum absolute atomic E-state index is 14.1. The summed E-state index contributed by atoms with van der Waals surface area (Å²) in [4.78, 5) is 37.8.